The number of benzene rings is 1. The van der Waals surface area contributed by atoms with Crippen LogP contribution in [-0.4, -0.2) is 11.6 Å². The van der Waals surface area contributed by atoms with E-state index in [0.717, 1.165) is 10.0 Å². The molecule has 0 aromatic heterocycles. The summed E-state index contributed by atoms with van der Waals surface area (Å²) in [7, 11) is 0. The molecule has 0 atom stereocenters. The molecule has 1 fully saturated rings. The third-order valence-electron chi connectivity index (χ3n) is 3.98. The van der Waals surface area contributed by atoms with E-state index in [2.05, 4.69) is 42.8 Å². The van der Waals surface area contributed by atoms with Gasteiger partial charge in [-0.1, -0.05) is 15.9 Å². The number of rotatable bonds is 1. The first-order chi connectivity index (χ1) is 8.40. The second-order valence-electron chi connectivity index (χ2n) is 5.18. The summed E-state index contributed by atoms with van der Waals surface area (Å²) in [6, 6.07) is 2.08. The molecule has 1 aromatic carbocycles. The third kappa shape index (κ3) is 2.41. The van der Waals surface area contributed by atoms with Crippen molar-refractivity contribution in [2.24, 2.45) is 0 Å². The lowest BCUT2D eigenvalue weighted by Gasteiger charge is -2.24. The predicted octanol–water partition coefficient (Wildman–Crippen LogP) is 3.78. The van der Waals surface area contributed by atoms with Crippen molar-refractivity contribution in [3.63, 3.8) is 0 Å². The molecule has 0 aliphatic heterocycles. The van der Waals surface area contributed by atoms with Crippen molar-refractivity contribution in [1.82, 2.24) is 0 Å². The van der Waals surface area contributed by atoms with Gasteiger partial charge in [0.2, 0.25) is 0 Å². The molecule has 3 heteroatoms. The minimum Gasteiger partial charge on any atom is -0.299 e. The molecule has 18 heavy (non-hydrogen) atoms. The van der Waals surface area contributed by atoms with Gasteiger partial charge in [0.1, 0.15) is 11.6 Å². The molecule has 0 unspecified atom stereocenters. The first kappa shape index (κ1) is 13.5. The van der Waals surface area contributed by atoms with Crippen LogP contribution in [0.1, 0.15) is 47.4 Å². The van der Waals surface area contributed by atoms with E-state index in [-0.39, 0.29) is 23.9 Å². The summed E-state index contributed by atoms with van der Waals surface area (Å²) in [6.45, 7) is 6.24. The summed E-state index contributed by atoms with van der Waals surface area (Å²) < 4.78 is 1.06. The van der Waals surface area contributed by atoms with Gasteiger partial charge in [-0.15, -0.1) is 0 Å². The second kappa shape index (κ2) is 4.96. The van der Waals surface area contributed by atoms with Gasteiger partial charge in [0.05, 0.1) is 6.42 Å². The Bertz CT molecular complexity index is 516. The smallest absolute Gasteiger partial charge is 0.140 e. The standard InChI is InChI=1S/C15H17BrO2/c1-8-9(2)14(7-15(16)10(8)3)11-4-12(17)6-13(18)5-11/h7,11H,4-6H2,1-3H3. The molecule has 2 nitrogen and oxygen atoms in total. The second-order valence-corrected chi connectivity index (χ2v) is 6.04. The van der Waals surface area contributed by atoms with Gasteiger partial charge in [0, 0.05) is 17.3 Å². The number of carbonyl (C=O) groups is 2. The molecular formula is C15H17BrO2. The first-order valence-electron chi connectivity index (χ1n) is 6.19. The normalized spacial score (nSPS) is 17.3. The number of halogens is 1. The Morgan fingerprint density at radius 3 is 2.11 bits per heavy atom. The molecule has 96 valence electrons. The van der Waals surface area contributed by atoms with Crippen LogP contribution in [0.3, 0.4) is 0 Å². The fourth-order valence-electron chi connectivity index (χ4n) is 2.66. The van der Waals surface area contributed by atoms with Gasteiger partial charge >= 0.3 is 0 Å². The maximum Gasteiger partial charge on any atom is 0.140 e. The summed E-state index contributed by atoms with van der Waals surface area (Å²) in [5.41, 5.74) is 4.82. The number of hydrogen-bond acceptors (Lipinski definition) is 2. The van der Waals surface area contributed by atoms with E-state index < -0.39 is 0 Å². The molecule has 0 heterocycles. The topological polar surface area (TPSA) is 34.1 Å². The van der Waals surface area contributed by atoms with Crippen LogP contribution in [-0.2, 0) is 9.59 Å². The molecular weight excluding hydrogens is 292 g/mol. The minimum absolute atomic E-state index is 0.0642. The average Bonchev–Trinajstić information content (AvgIpc) is 2.30. The molecule has 0 spiro atoms. The van der Waals surface area contributed by atoms with Crippen molar-refractivity contribution in [3.8, 4) is 0 Å². The third-order valence-corrected chi connectivity index (χ3v) is 4.80. The van der Waals surface area contributed by atoms with Crippen molar-refractivity contribution in [2.75, 3.05) is 0 Å². The minimum atomic E-state index is 0.0642. The van der Waals surface area contributed by atoms with E-state index in [9.17, 15) is 9.59 Å². The zero-order chi connectivity index (χ0) is 13.4. The highest BCUT2D eigenvalue weighted by atomic mass is 79.9. The van der Waals surface area contributed by atoms with E-state index in [1.807, 2.05) is 0 Å². The van der Waals surface area contributed by atoms with Crippen LogP contribution in [0, 0.1) is 20.8 Å². The molecule has 0 amide bonds. The molecule has 0 radical (unpaired) electrons. The summed E-state index contributed by atoms with van der Waals surface area (Å²) in [5.74, 6) is 0.212. The quantitative estimate of drug-likeness (QED) is 0.740. The molecule has 0 saturated heterocycles. The van der Waals surface area contributed by atoms with Gasteiger partial charge in [-0.25, -0.2) is 0 Å². The zero-order valence-corrected chi connectivity index (χ0v) is 12.6. The van der Waals surface area contributed by atoms with E-state index in [4.69, 9.17) is 0 Å². The Morgan fingerprint density at radius 1 is 1.00 bits per heavy atom. The van der Waals surface area contributed by atoms with E-state index in [0.29, 0.717) is 12.8 Å². The van der Waals surface area contributed by atoms with Gasteiger partial charge in [-0.05, 0) is 55.0 Å². The Morgan fingerprint density at radius 2 is 1.56 bits per heavy atom. The summed E-state index contributed by atoms with van der Waals surface area (Å²) in [5, 5.41) is 0. The predicted molar refractivity (Wildman–Crippen MR) is 75.0 cm³/mol. The summed E-state index contributed by atoms with van der Waals surface area (Å²) in [6.07, 6.45) is 1.13. The monoisotopic (exact) mass is 308 g/mol. The van der Waals surface area contributed by atoms with Crippen molar-refractivity contribution < 1.29 is 9.59 Å². The fraction of sp³-hybridized carbons (Fsp3) is 0.467. The lowest BCUT2D eigenvalue weighted by Crippen LogP contribution is -2.22. The molecule has 2 rings (SSSR count). The van der Waals surface area contributed by atoms with Gasteiger partial charge in [0.15, 0.2) is 0 Å². The molecule has 1 aliphatic rings. The molecule has 1 aliphatic carbocycles. The van der Waals surface area contributed by atoms with Crippen LogP contribution in [0.15, 0.2) is 10.5 Å². The highest BCUT2D eigenvalue weighted by Gasteiger charge is 2.28. The summed E-state index contributed by atoms with van der Waals surface area (Å²) >= 11 is 3.56. The highest BCUT2D eigenvalue weighted by Crippen LogP contribution is 2.36. The Labute approximate surface area is 116 Å². The number of Topliss-reactive ketones (excluding diaryl/α,β-unsaturated/α-hetero) is 2. The highest BCUT2D eigenvalue weighted by molar-refractivity contribution is 9.10. The van der Waals surface area contributed by atoms with Crippen molar-refractivity contribution in [3.05, 3.63) is 32.8 Å². The van der Waals surface area contributed by atoms with Gasteiger partial charge < -0.3 is 0 Å². The van der Waals surface area contributed by atoms with Crippen LogP contribution in [0.5, 0.6) is 0 Å². The summed E-state index contributed by atoms with van der Waals surface area (Å²) in [4.78, 5) is 23.1. The van der Waals surface area contributed by atoms with E-state index in [1.165, 1.54) is 16.7 Å². The Balaban J connectivity index is 2.45. The Hall–Kier alpha value is -0.960. The van der Waals surface area contributed by atoms with Gasteiger partial charge in [-0.2, -0.15) is 0 Å². The van der Waals surface area contributed by atoms with Crippen LogP contribution >= 0.6 is 15.9 Å². The maximum absolute atomic E-state index is 11.6. The molecule has 1 aromatic rings. The molecule has 1 saturated carbocycles. The van der Waals surface area contributed by atoms with Crippen LogP contribution < -0.4 is 0 Å². The van der Waals surface area contributed by atoms with Crippen LogP contribution in [0.2, 0.25) is 0 Å². The fourth-order valence-corrected chi connectivity index (χ4v) is 3.20. The average molecular weight is 309 g/mol. The lowest BCUT2D eigenvalue weighted by molar-refractivity contribution is -0.130. The van der Waals surface area contributed by atoms with Gasteiger partial charge in [-0.3, -0.25) is 9.59 Å². The Kier molecular flexibility index (Phi) is 3.71. The maximum atomic E-state index is 11.6. The largest absolute Gasteiger partial charge is 0.299 e. The van der Waals surface area contributed by atoms with E-state index >= 15 is 0 Å². The number of carbonyl (C=O) groups excluding carboxylic acids is 2. The SMILES string of the molecule is Cc1c(Br)cc(C2CC(=O)CC(=O)C2)c(C)c1C. The van der Waals surface area contributed by atoms with Crippen LogP contribution in [0.4, 0.5) is 0 Å². The lowest BCUT2D eigenvalue weighted by atomic mass is 9.80. The van der Waals surface area contributed by atoms with Crippen molar-refractivity contribution >= 4 is 27.5 Å². The zero-order valence-electron chi connectivity index (χ0n) is 11.0. The molecule has 0 N–H and O–H groups in total. The first-order valence-corrected chi connectivity index (χ1v) is 6.99. The van der Waals surface area contributed by atoms with Crippen molar-refractivity contribution in [1.29, 1.82) is 0 Å². The molecule has 0 bridgehead atoms. The van der Waals surface area contributed by atoms with Crippen molar-refractivity contribution in [2.45, 2.75) is 46.0 Å². The number of hydrogen-bond donors (Lipinski definition) is 0. The van der Waals surface area contributed by atoms with Gasteiger partial charge in [0.25, 0.3) is 0 Å². The number of ketones is 2. The van der Waals surface area contributed by atoms with E-state index in [1.54, 1.807) is 0 Å². The van der Waals surface area contributed by atoms with Crippen LogP contribution in [0.25, 0.3) is 0 Å².